The molecular weight excluding hydrogens is 162 g/mol. The first-order valence-electron chi connectivity index (χ1n) is 3.00. The zero-order valence-corrected chi connectivity index (χ0v) is 7.02. The molecule has 2 rings (SSSR count). The zero-order valence-electron chi connectivity index (χ0n) is 5.23. The van der Waals surface area contributed by atoms with E-state index >= 15 is 0 Å². The average molecular weight is 169 g/mol. The summed E-state index contributed by atoms with van der Waals surface area (Å²) in [5.41, 5.74) is 1.23. The van der Waals surface area contributed by atoms with Crippen molar-refractivity contribution >= 4 is 28.0 Å². The van der Waals surface area contributed by atoms with Crippen LogP contribution in [0.4, 0.5) is 0 Å². The fraction of sp³-hybridized carbons (Fsp3) is 0. The van der Waals surface area contributed by atoms with Crippen LogP contribution in [0.3, 0.4) is 0 Å². The summed E-state index contributed by atoms with van der Waals surface area (Å²) in [6, 6.07) is 8.20. The Hall–Kier alpha value is -0.410. The highest BCUT2D eigenvalue weighted by Gasteiger charge is 2.09. The van der Waals surface area contributed by atoms with Crippen LogP contribution < -0.4 is 0 Å². The number of nitrogens with zero attached hydrogens (tertiary/aromatic N) is 1. The second-order valence-corrected chi connectivity index (χ2v) is 4.52. The molecule has 0 N–H and O–H groups in total. The van der Waals surface area contributed by atoms with Crippen LogP contribution in [0.15, 0.2) is 33.6 Å². The van der Waals surface area contributed by atoms with Gasteiger partial charge in [-0.25, -0.2) is 4.40 Å². The lowest BCUT2D eigenvalue weighted by Crippen LogP contribution is -1.76. The molecule has 1 aromatic carbocycles. The van der Waals surface area contributed by atoms with E-state index in [1.807, 2.05) is 18.3 Å². The molecule has 52 valence electrons. The highest BCUT2D eigenvalue weighted by atomic mass is 33.1. The first-order valence-corrected chi connectivity index (χ1v) is 5.45. The third-order valence-electron chi connectivity index (χ3n) is 1.46. The van der Waals surface area contributed by atoms with E-state index in [-0.39, 0.29) is 0 Å². The molecule has 0 radical (unpaired) electrons. The van der Waals surface area contributed by atoms with Gasteiger partial charge in [0.2, 0.25) is 0 Å². The third-order valence-corrected chi connectivity index (χ3v) is 3.59. The Kier molecular flexibility index (Phi) is 1.47. The summed E-state index contributed by atoms with van der Waals surface area (Å²) in [5, 5.41) is 0. The van der Waals surface area contributed by atoms with Crippen LogP contribution >= 0.6 is 21.8 Å². The lowest BCUT2D eigenvalue weighted by Gasteiger charge is -2.03. The fourth-order valence-corrected chi connectivity index (χ4v) is 2.60. The summed E-state index contributed by atoms with van der Waals surface area (Å²) >= 11 is 4.34. The number of fused-ring (bicyclic) bond motifs is 1. The Morgan fingerprint density at radius 3 is 2.90 bits per heavy atom. The first-order chi connectivity index (χ1) is 4.88. The molecule has 1 heterocycles. The van der Waals surface area contributed by atoms with Gasteiger partial charge in [0.15, 0.2) is 0 Å². The maximum Gasteiger partial charge on any atom is 0.0426 e. The Morgan fingerprint density at radius 2 is 2.10 bits per heavy atom. The van der Waals surface area contributed by atoms with Gasteiger partial charge in [0.25, 0.3) is 0 Å². The molecule has 3 heteroatoms. The van der Waals surface area contributed by atoms with E-state index in [1.165, 1.54) is 10.5 Å². The summed E-state index contributed by atoms with van der Waals surface area (Å²) in [7, 11) is -0.517. The van der Waals surface area contributed by atoms with Gasteiger partial charge in [-0.1, -0.05) is 28.3 Å². The van der Waals surface area contributed by atoms with E-state index in [0.29, 0.717) is 0 Å². The topological polar surface area (TPSA) is 12.4 Å². The molecule has 0 saturated carbocycles. The summed E-state index contributed by atoms with van der Waals surface area (Å²) < 4.78 is 4.21. The van der Waals surface area contributed by atoms with Gasteiger partial charge in [-0.05, 0) is 6.07 Å². The lowest BCUT2D eigenvalue weighted by atomic mass is 10.2. The maximum absolute atomic E-state index is 4.34. The second-order valence-electron chi connectivity index (χ2n) is 2.09. The van der Waals surface area contributed by atoms with Gasteiger partial charge in [-0.2, -0.15) is 0 Å². The smallest absolute Gasteiger partial charge is 0.0426 e. The Bertz CT molecular complexity index is 283. The summed E-state index contributed by atoms with van der Waals surface area (Å²) in [6.45, 7) is 0. The molecule has 0 bridgehead atoms. The van der Waals surface area contributed by atoms with Crippen LogP contribution in [0.2, 0.25) is 0 Å². The fourth-order valence-electron chi connectivity index (χ4n) is 0.958. The number of hydrogen-bond donors (Lipinski definition) is 2. The van der Waals surface area contributed by atoms with E-state index in [1.54, 1.807) is 0 Å². The Balaban J connectivity index is 2.59. The molecule has 0 amide bonds. The lowest BCUT2D eigenvalue weighted by molar-refractivity contribution is 1.46. The first kappa shape index (κ1) is 6.31. The van der Waals surface area contributed by atoms with Gasteiger partial charge < -0.3 is 0 Å². The summed E-state index contributed by atoms with van der Waals surface area (Å²) in [4.78, 5) is 1.28. The van der Waals surface area contributed by atoms with E-state index in [9.17, 15) is 0 Å². The van der Waals surface area contributed by atoms with Crippen molar-refractivity contribution in [3.05, 3.63) is 29.8 Å². The SMILES string of the molecule is S[SH]1N=Cc2ccccc21. The van der Waals surface area contributed by atoms with Crippen molar-refractivity contribution in [2.24, 2.45) is 4.40 Å². The normalized spacial score (nSPS) is 24.7. The number of thiol groups is 2. The number of benzene rings is 1. The number of rotatable bonds is 0. The largest absolute Gasteiger partial charge is 0.234 e. The molecule has 10 heavy (non-hydrogen) atoms. The van der Waals surface area contributed by atoms with Gasteiger partial charge in [-0.15, -0.1) is 11.7 Å². The maximum atomic E-state index is 4.34. The molecule has 0 aliphatic carbocycles. The minimum Gasteiger partial charge on any atom is -0.234 e. The van der Waals surface area contributed by atoms with Crippen molar-refractivity contribution in [1.29, 1.82) is 0 Å². The predicted molar refractivity (Wildman–Crippen MR) is 50.3 cm³/mol. The molecule has 0 saturated heterocycles. The number of hydrogen-bond acceptors (Lipinski definition) is 2. The monoisotopic (exact) mass is 169 g/mol. The van der Waals surface area contributed by atoms with Crippen LogP contribution in [0.25, 0.3) is 0 Å². The standard InChI is InChI=1S/C7H7NS2/c9-10-7-4-2-1-3-6(7)5-8-10/h1-5,9-10H. The van der Waals surface area contributed by atoms with Gasteiger partial charge in [0.1, 0.15) is 0 Å². The quantitative estimate of drug-likeness (QED) is 0.436. The minimum atomic E-state index is -0.517. The molecule has 0 aromatic heterocycles. The molecule has 1 nitrogen and oxygen atoms in total. The molecule has 1 aliphatic rings. The predicted octanol–water partition coefficient (Wildman–Crippen LogP) is 2.24. The summed E-state index contributed by atoms with van der Waals surface area (Å²) in [6.07, 6.45) is 1.90. The van der Waals surface area contributed by atoms with Crippen LogP contribution in [0.5, 0.6) is 0 Å². The highest BCUT2D eigenvalue weighted by molar-refractivity contribution is 8.77. The zero-order chi connectivity index (χ0) is 6.97. The average Bonchev–Trinajstić information content (AvgIpc) is 2.34. The van der Waals surface area contributed by atoms with Crippen LogP contribution in [-0.4, -0.2) is 6.21 Å². The van der Waals surface area contributed by atoms with Crippen LogP contribution in [0.1, 0.15) is 5.56 Å². The van der Waals surface area contributed by atoms with E-state index in [4.69, 9.17) is 0 Å². The van der Waals surface area contributed by atoms with Gasteiger partial charge >= 0.3 is 0 Å². The second kappa shape index (κ2) is 2.32. The third kappa shape index (κ3) is 0.859. The van der Waals surface area contributed by atoms with Crippen molar-refractivity contribution in [3.63, 3.8) is 0 Å². The Labute approximate surface area is 67.5 Å². The molecule has 1 unspecified atom stereocenters. The minimum absolute atomic E-state index is 0.517. The molecule has 1 aromatic rings. The molecule has 1 aliphatic heterocycles. The van der Waals surface area contributed by atoms with E-state index in [0.717, 1.165) is 0 Å². The van der Waals surface area contributed by atoms with Crippen molar-refractivity contribution < 1.29 is 0 Å². The Morgan fingerprint density at radius 1 is 1.30 bits per heavy atom. The van der Waals surface area contributed by atoms with Crippen molar-refractivity contribution in [3.8, 4) is 0 Å². The summed E-state index contributed by atoms with van der Waals surface area (Å²) in [5.74, 6) is 0. The van der Waals surface area contributed by atoms with Crippen LogP contribution in [-0.2, 0) is 0 Å². The molecule has 0 spiro atoms. The van der Waals surface area contributed by atoms with Gasteiger partial charge in [-0.3, -0.25) is 0 Å². The molecule has 0 fully saturated rings. The van der Waals surface area contributed by atoms with Crippen LogP contribution in [0, 0.1) is 0 Å². The van der Waals surface area contributed by atoms with Gasteiger partial charge in [0.05, 0.1) is 0 Å². The highest BCUT2D eigenvalue weighted by Crippen LogP contribution is 2.46. The van der Waals surface area contributed by atoms with Crippen molar-refractivity contribution in [2.45, 2.75) is 4.90 Å². The molecule has 1 atom stereocenters. The van der Waals surface area contributed by atoms with Gasteiger partial charge in [0, 0.05) is 16.7 Å². The van der Waals surface area contributed by atoms with E-state index < -0.39 is 10.1 Å². The molecular formula is C7H7NS2. The van der Waals surface area contributed by atoms with Crippen molar-refractivity contribution in [1.82, 2.24) is 0 Å². The van der Waals surface area contributed by atoms with Crippen molar-refractivity contribution in [2.75, 3.05) is 0 Å². The van der Waals surface area contributed by atoms with E-state index in [2.05, 4.69) is 28.2 Å².